The minimum absolute atomic E-state index is 0.0463. The molecule has 1 atom stereocenters. The molecule has 1 aliphatic rings. The molecule has 0 amide bonds. The number of H-pyrrole nitrogens is 1. The normalized spacial score (nSPS) is 26.4. The van der Waals surface area contributed by atoms with Gasteiger partial charge in [0.05, 0.1) is 11.5 Å². The molecule has 1 aromatic rings. The Morgan fingerprint density at radius 3 is 2.85 bits per heavy atom. The molecule has 0 saturated carbocycles. The zero-order valence-corrected chi connectivity index (χ0v) is 8.40. The summed E-state index contributed by atoms with van der Waals surface area (Å²) >= 11 is 5.59. The molecule has 1 saturated heterocycles. The van der Waals surface area contributed by atoms with E-state index in [2.05, 4.69) is 9.97 Å². The Kier molecular flexibility index (Phi) is 2.08. The van der Waals surface area contributed by atoms with Crippen LogP contribution >= 0.6 is 11.6 Å². The van der Waals surface area contributed by atoms with E-state index in [1.165, 1.54) is 0 Å². The minimum Gasteiger partial charge on any atom is -0.332 e. The average Bonchev–Trinajstić information content (AvgIpc) is 2.56. The van der Waals surface area contributed by atoms with Crippen LogP contribution in [0.2, 0.25) is 5.28 Å². The molecule has 0 bridgehead atoms. The zero-order valence-electron chi connectivity index (χ0n) is 6.83. The van der Waals surface area contributed by atoms with Gasteiger partial charge in [-0.25, -0.2) is 13.4 Å². The molecule has 0 aliphatic carbocycles. The van der Waals surface area contributed by atoms with Crippen molar-refractivity contribution >= 4 is 21.4 Å². The summed E-state index contributed by atoms with van der Waals surface area (Å²) in [6.45, 7) is 0. The monoisotopic (exact) mass is 220 g/mol. The summed E-state index contributed by atoms with van der Waals surface area (Å²) in [5, 5.41) is 0.319. The highest BCUT2D eigenvalue weighted by Gasteiger charge is 2.29. The SMILES string of the molecule is O=S1(=O)CCC(c2cnc(Cl)[nH]2)C1. The van der Waals surface area contributed by atoms with Crippen LogP contribution in [0.5, 0.6) is 0 Å². The Morgan fingerprint density at radius 1 is 1.62 bits per heavy atom. The van der Waals surface area contributed by atoms with Crippen LogP contribution in [0, 0.1) is 0 Å². The Bertz CT molecular complexity index is 412. The first kappa shape index (κ1) is 9.02. The van der Waals surface area contributed by atoms with Crippen molar-refractivity contribution in [1.82, 2.24) is 9.97 Å². The summed E-state index contributed by atoms with van der Waals surface area (Å²) < 4.78 is 22.3. The van der Waals surface area contributed by atoms with Crippen LogP contribution in [-0.2, 0) is 9.84 Å². The maximum absolute atomic E-state index is 11.2. The van der Waals surface area contributed by atoms with Gasteiger partial charge in [-0.2, -0.15) is 0 Å². The molecular formula is C7H9ClN2O2S. The standard InChI is InChI=1S/C7H9ClN2O2S/c8-7-9-3-6(10-7)5-1-2-13(11,12)4-5/h3,5H,1-2,4H2,(H,9,10). The largest absolute Gasteiger partial charge is 0.332 e. The fourth-order valence-corrected chi connectivity index (χ4v) is 3.49. The first-order valence-corrected chi connectivity index (χ1v) is 6.17. The van der Waals surface area contributed by atoms with Gasteiger partial charge in [0.15, 0.2) is 15.1 Å². The Hall–Kier alpha value is -0.550. The topological polar surface area (TPSA) is 62.8 Å². The Morgan fingerprint density at radius 2 is 2.38 bits per heavy atom. The minimum atomic E-state index is -2.83. The van der Waals surface area contributed by atoms with Gasteiger partial charge in [0.1, 0.15) is 0 Å². The van der Waals surface area contributed by atoms with E-state index >= 15 is 0 Å². The number of nitrogens with one attached hydrogen (secondary N) is 1. The second kappa shape index (κ2) is 2.99. The third-order valence-electron chi connectivity index (χ3n) is 2.24. The maximum Gasteiger partial charge on any atom is 0.200 e. The lowest BCUT2D eigenvalue weighted by atomic mass is 10.1. The highest BCUT2D eigenvalue weighted by Crippen LogP contribution is 2.27. The van der Waals surface area contributed by atoms with Gasteiger partial charge in [-0.05, 0) is 18.0 Å². The van der Waals surface area contributed by atoms with Crippen molar-refractivity contribution in [3.63, 3.8) is 0 Å². The van der Waals surface area contributed by atoms with Crippen LogP contribution in [0.1, 0.15) is 18.0 Å². The van der Waals surface area contributed by atoms with Gasteiger partial charge in [0.25, 0.3) is 0 Å². The molecule has 1 aromatic heterocycles. The number of hydrogen-bond donors (Lipinski definition) is 1. The second-order valence-electron chi connectivity index (χ2n) is 3.23. The van der Waals surface area contributed by atoms with E-state index in [1.54, 1.807) is 6.20 Å². The van der Waals surface area contributed by atoms with Crippen LogP contribution in [0.15, 0.2) is 6.20 Å². The molecular weight excluding hydrogens is 212 g/mol. The van der Waals surface area contributed by atoms with Crippen molar-refractivity contribution in [2.75, 3.05) is 11.5 Å². The lowest BCUT2D eigenvalue weighted by Crippen LogP contribution is -2.03. The van der Waals surface area contributed by atoms with E-state index in [4.69, 9.17) is 11.6 Å². The van der Waals surface area contributed by atoms with E-state index in [0.717, 1.165) is 5.69 Å². The van der Waals surface area contributed by atoms with Gasteiger partial charge in [-0.1, -0.05) is 0 Å². The fraction of sp³-hybridized carbons (Fsp3) is 0.571. The summed E-state index contributed by atoms with van der Waals surface area (Å²) in [7, 11) is -2.83. The zero-order chi connectivity index (χ0) is 9.47. The van der Waals surface area contributed by atoms with Gasteiger partial charge >= 0.3 is 0 Å². The average molecular weight is 221 g/mol. The van der Waals surface area contributed by atoms with Crippen molar-refractivity contribution in [2.45, 2.75) is 12.3 Å². The third kappa shape index (κ3) is 1.86. The molecule has 2 rings (SSSR count). The summed E-state index contributed by atoms with van der Waals surface area (Å²) in [5.74, 6) is 0.532. The summed E-state index contributed by atoms with van der Waals surface area (Å²) in [4.78, 5) is 6.67. The van der Waals surface area contributed by atoms with Crippen molar-refractivity contribution in [3.8, 4) is 0 Å². The van der Waals surface area contributed by atoms with Gasteiger partial charge < -0.3 is 4.98 Å². The predicted molar refractivity (Wildman–Crippen MR) is 49.6 cm³/mol. The Balaban J connectivity index is 2.21. The number of nitrogens with zero attached hydrogens (tertiary/aromatic N) is 1. The van der Waals surface area contributed by atoms with E-state index in [1.807, 2.05) is 0 Å². The molecule has 0 aromatic carbocycles. The highest BCUT2D eigenvalue weighted by molar-refractivity contribution is 7.91. The molecule has 1 unspecified atom stereocenters. The van der Waals surface area contributed by atoms with E-state index in [-0.39, 0.29) is 17.4 Å². The number of hydrogen-bond acceptors (Lipinski definition) is 3. The molecule has 72 valence electrons. The number of halogens is 1. The molecule has 1 N–H and O–H groups in total. The molecule has 4 nitrogen and oxygen atoms in total. The van der Waals surface area contributed by atoms with Crippen molar-refractivity contribution in [3.05, 3.63) is 17.2 Å². The predicted octanol–water partition coefficient (Wildman–Crippen LogP) is 0.965. The summed E-state index contributed by atoms with van der Waals surface area (Å²) in [6.07, 6.45) is 2.27. The van der Waals surface area contributed by atoms with Crippen LogP contribution in [0.4, 0.5) is 0 Å². The van der Waals surface area contributed by atoms with Gasteiger partial charge in [-0.3, -0.25) is 0 Å². The summed E-state index contributed by atoms with van der Waals surface area (Å²) in [5.41, 5.74) is 0.825. The molecule has 1 aliphatic heterocycles. The van der Waals surface area contributed by atoms with Gasteiger partial charge in [0, 0.05) is 17.8 Å². The van der Waals surface area contributed by atoms with Crippen LogP contribution in [0.25, 0.3) is 0 Å². The van der Waals surface area contributed by atoms with Crippen molar-refractivity contribution < 1.29 is 8.42 Å². The van der Waals surface area contributed by atoms with Gasteiger partial charge in [-0.15, -0.1) is 0 Å². The molecule has 1 fully saturated rings. The number of imidazole rings is 1. The van der Waals surface area contributed by atoms with E-state index < -0.39 is 9.84 Å². The molecule has 0 spiro atoms. The lowest BCUT2D eigenvalue weighted by molar-refractivity contribution is 0.601. The fourth-order valence-electron chi connectivity index (χ4n) is 1.56. The van der Waals surface area contributed by atoms with Crippen molar-refractivity contribution in [2.24, 2.45) is 0 Å². The first-order chi connectivity index (χ1) is 6.07. The molecule has 6 heteroatoms. The molecule has 13 heavy (non-hydrogen) atoms. The van der Waals surface area contributed by atoms with Crippen LogP contribution in [-0.4, -0.2) is 29.9 Å². The first-order valence-electron chi connectivity index (χ1n) is 3.98. The Labute approximate surface area is 81.2 Å². The van der Waals surface area contributed by atoms with Gasteiger partial charge in [0.2, 0.25) is 0 Å². The number of sulfone groups is 1. The van der Waals surface area contributed by atoms with Crippen molar-refractivity contribution in [1.29, 1.82) is 0 Å². The number of aromatic nitrogens is 2. The number of rotatable bonds is 1. The third-order valence-corrected chi connectivity index (χ3v) is 4.20. The molecule has 2 heterocycles. The van der Waals surface area contributed by atoms with E-state index in [9.17, 15) is 8.42 Å². The molecule has 0 radical (unpaired) electrons. The van der Waals surface area contributed by atoms with Crippen LogP contribution < -0.4 is 0 Å². The lowest BCUT2D eigenvalue weighted by Gasteiger charge is -2.01. The van der Waals surface area contributed by atoms with E-state index in [0.29, 0.717) is 11.7 Å². The summed E-state index contributed by atoms with van der Waals surface area (Å²) in [6, 6.07) is 0. The number of aromatic amines is 1. The highest BCUT2D eigenvalue weighted by atomic mass is 35.5. The van der Waals surface area contributed by atoms with Crippen LogP contribution in [0.3, 0.4) is 0 Å². The second-order valence-corrected chi connectivity index (χ2v) is 5.82. The quantitative estimate of drug-likeness (QED) is 0.767. The maximum atomic E-state index is 11.2. The smallest absolute Gasteiger partial charge is 0.200 e.